The Balaban J connectivity index is 0.000000258. The highest BCUT2D eigenvalue weighted by Crippen LogP contribution is 2.34. The number of carbonyl (C=O) groups is 4. The molecule has 2 aliphatic rings. The molecule has 2 aliphatic carbocycles. The lowest BCUT2D eigenvalue weighted by molar-refractivity contribution is -0.141. The average Bonchev–Trinajstić information content (AvgIpc) is 3.33. The van der Waals surface area contributed by atoms with Gasteiger partial charge in [0.15, 0.2) is 0 Å². The topological polar surface area (TPSA) is 209 Å². The number of carbonyl (C=O) groups excluding carboxylic acids is 4. The minimum atomic E-state index is -0.432. The minimum absolute atomic E-state index is 0.00592. The van der Waals surface area contributed by atoms with Crippen LogP contribution in [0.5, 0.6) is 11.5 Å². The Morgan fingerprint density at radius 1 is 0.522 bits per heavy atom. The minimum Gasteiger partial charge on any atom is -0.462 e. The number of rotatable bonds is 19. The van der Waals surface area contributed by atoms with E-state index in [1.807, 2.05) is 62.4 Å². The van der Waals surface area contributed by atoms with Crippen LogP contribution in [-0.2, 0) is 28.7 Å². The summed E-state index contributed by atoms with van der Waals surface area (Å²) >= 11 is 0. The van der Waals surface area contributed by atoms with Crippen molar-refractivity contribution in [2.24, 2.45) is 23.7 Å². The molecule has 4 aromatic carbocycles. The van der Waals surface area contributed by atoms with Crippen molar-refractivity contribution in [3.8, 4) is 11.5 Å². The molecule has 6 rings (SSSR count). The van der Waals surface area contributed by atoms with Gasteiger partial charge < -0.3 is 41.9 Å². The van der Waals surface area contributed by atoms with E-state index < -0.39 is 11.9 Å². The molecule has 2 atom stereocenters. The van der Waals surface area contributed by atoms with Crippen LogP contribution >= 0.6 is 0 Å². The van der Waals surface area contributed by atoms with Crippen LogP contribution in [-0.4, -0.2) is 37.1 Å². The third kappa shape index (κ3) is 18.5. The maximum absolute atomic E-state index is 12.5. The first kappa shape index (κ1) is 53.4. The zero-order chi connectivity index (χ0) is 49.7. The monoisotopic (exact) mass is 943 g/mol. The van der Waals surface area contributed by atoms with Crippen LogP contribution in [0, 0.1) is 23.7 Å². The molecule has 12 heteroatoms. The number of benzene rings is 4. The maximum atomic E-state index is 12.5. The number of esters is 4. The Kier molecular flexibility index (Phi) is 21.2. The molecule has 0 heterocycles. The summed E-state index contributed by atoms with van der Waals surface area (Å²) in [6.07, 6.45) is 20.5. The summed E-state index contributed by atoms with van der Waals surface area (Å²) in [5.74, 6) is 1.35. The summed E-state index contributed by atoms with van der Waals surface area (Å²) in [6, 6.07) is 24.9. The van der Waals surface area contributed by atoms with Crippen molar-refractivity contribution in [2.75, 3.05) is 36.1 Å². The number of hydrogen-bond donors (Lipinski definition) is 4. The Labute approximate surface area is 409 Å². The number of ether oxygens (including phenoxy) is 4. The summed E-state index contributed by atoms with van der Waals surface area (Å²) in [4.78, 5) is 49.3. The zero-order valence-corrected chi connectivity index (χ0v) is 41.0. The predicted octanol–water partition coefficient (Wildman–Crippen LogP) is 11.8. The fourth-order valence-corrected chi connectivity index (χ4v) is 8.97. The SMILES string of the molecule is CCCC1CCC(C(=O)Oc2ccc(/C=C/C(=O)OCC(C)c3cc(N)cc(N)c3)cc2)CC1.CCCCC1CCC(C(=O)Oc2ccc(/C=C/C(=O)OCC(C)c3cc(N)cc(N)c3)cc2)CC1. The van der Waals surface area contributed by atoms with Crippen molar-refractivity contribution in [3.05, 3.63) is 119 Å². The molecule has 0 spiro atoms. The van der Waals surface area contributed by atoms with Gasteiger partial charge in [-0.05, 0) is 158 Å². The van der Waals surface area contributed by atoms with Gasteiger partial charge in [-0.15, -0.1) is 0 Å². The average molecular weight is 943 g/mol. The molecule has 12 nitrogen and oxygen atoms in total. The van der Waals surface area contributed by atoms with E-state index in [9.17, 15) is 19.2 Å². The van der Waals surface area contributed by atoms with E-state index in [1.165, 1.54) is 44.3 Å². The molecule has 370 valence electrons. The van der Waals surface area contributed by atoms with E-state index in [-0.39, 0.29) is 48.8 Å². The lowest BCUT2D eigenvalue weighted by atomic mass is 9.80. The second-order valence-electron chi connectivity index (χ2n) is 18.9. The van der Waals surface area contributed by atoms with Crippen molar-refractivity contribution in [3.63, 3.8) is 0 Å². The quantitative estimate of drug-likeness (QED) is 0.0299. The number of nitrogens with two attached hydrogens (primary N) is 4. The van der Waals surface area contributed by atoms with Crippen LogP contribution in [0.15, 0.2) is 97.1 Å². The summed E-state index contributed by atoms with van der Waals surface area (Å²) in [5, 5.41) is 0. The Hall–Kier alpha value is -6.56. The van der Waals surface area contributed by atoms with E-state index in [1.54, 1.807) is 48.6 Å². The van der Waals surface area contributed by atoms with Crippen molar-refractivity contribution >= 4 is 58.8 Å². The van der Waals surface area contributed by atoms with Gasteiger partial charge in [0.25, 0.3) is 0 Å². The lowest BCUT2D eigenvalue weighted by Crippen LogP contribution is -2.25. The molecule has 4 aromatic rings. The first-order valence-corrected chi connectivity index (χ1v) is 24.8. The van der Waals surface area contributed by atoms with Gasteiger partial charge in [-0.1, -0.05) is 84.1 Å². The van der Waals surface area contributed by atoms with Crippen LogP contribution in [0.25, 0.3) is 12.2 Å². The molecular weight excluding hydrogens is 869 g/mol. The Morgan fingerprint density at radius 2 is 0.884 bits per heavy atom. The summed E-state index contributed by atoms with van der Waals surface area (Å²) < 4.78 is 21.9. The standard InChI is InChI=1S/C29H38N2O4.C28H36N2O4/c1-3-4-5-21-6-11-23(12-7-21)29(33)35-27-13-8-22(9-14-27)10-15-28(32)34-19-20(2)24-16-25(30)18-26(31)17-24;1-3-4-20-5-10-22(11-6-20)28(32)34-26-12-7-21(8-13-26)9-14-27(31)33-18-19(2)23-15-24(29)17-25(30)16-23/h8-10,13-18,20-21,23H,3-7,11-12,19,30-31H2,1-2H3;7-9,12-17,19-20,22H,3-6,10-11,18,29-30H2,1-2H3/b15-10+;14-9+. The number of nitrogen functional groups attached to an aromatic ring is 4. The van der Waals surface area contributed by atoms with Crippen LogP contribution in [0.1, 0.15) is 145 Å². The van der Waals surface area contributed by atoms with Crippen molar-refractivity contribution in [2.45, 2.75) is 123 Å². The van der Waals surface area contributed by atoms with E-state index in [0.29, 0.717) is 34.2 Å². The highest BCUT2D eigenvalue weighted by Gasteiger charge is 2.28. The van der Waals surface area contributed by atoms with E-state index in [4.69, 9.17) is 41.9 Å². The van der Waals surface area contributed by atoms with Crippen LogP contribution in [0.4, 0.5) is 22.7 Å². The second-order valence-corrected chi connectivity index (χ2v) is 18.9. The molecule has 2 unspecified atom stereocenters. The third-order valence-electron chi connectivity index (χ3n) is 13.1. The van der Waals surface area contributed by atoms with Crippen LogP contribution in [0.3, 0.4) is 0 Å². The van der Waals surface area contributed by atoms with Gasteiger partial charge in [0.05, 0.1) is 25.0 Å². The zero-order valence-electron chi connectivity index (χ0n) is 41.0. The lowest BCUT2D eigenvalue weighted by Gasteiger charge is -2.27. The number of hydrogen-bond acceptors (Lipinski definition) is 12. The highest BCUT2D eigenvalue weighted by molar-refractivity contribution is 5.87. The molecule has 2 saturated carbocycles. The molecule has 0 bridgehead atoms. The molecule has 0 aliphatic heterocycles. The molecule has 0 amide bonds. The molecule has 8 N–H and O–H groups in total. The number of anilines is 4. The van der Waals surface area contributed by atoms with Crippen molar-refractivity contribution < 1.29 is 38.1 Å². The van der Waals surface area contributed by atoms with Gasteiger partial charge in [-0.2, -0.15) is 0 Å². The molecule has 0 saturated heterocycles. The molecule has 69 heavy (non-hydrogen) atoms. The van der Waals surface area contributed by atoms with E-state index >= 15 is 0 Å². The highest BCUT2D eigenvalue weighted by atomic mass is 16.5. The van der Waals surface area contributed by atoms with Crippen molar-refractivity contribution in [1.29, 1.82) is 0 Å². The van der Waals surface area contributed by atoms with Gasteiger partial charge in [0.2, 0.25) is 0 Å². The first-order valence-electron chi connectivity index (χ1n) is 24.8. The van der Waals surface area contributed by atoms with Crippen LogP contribution < -0.4 is 32.4 Å². The smallest absolute Gasteiger partial charge is 0.330 e. The second kappa shape index (κ2) is 27.4. The van der Waals surface area contributed by atoms with Gasteiger partial charge in [-0.3, -0.25) is 9.59 Å². The fraction of sp³-hybridized carbons (Fsp3) is 0.439. The maximum Gasteiger partial charge on any atom is 0.330 e. The van der Waals surface area contributed by atoms with Crippen molar-refractivity contribution in [1.82, 2.24) is 0 Å². The largest absolute Gasteiger partial charge is 0.462 e. The van der Waals surface area contributed by atoms with E-state index in [0.717, 1.165) is 85.5 Å². The Bertz CT molecular complexity index is 2290. The van der Waals surface area contributed by atoms with Gasteiger partial charge in [0, 0.05) is 46.7 Å². The first-order chi connectivity index (χ1) is 33.2. The predicted molar refractivity (Wildman–Crippen MR) is 277 cm³/mol. The normalized spacial score (nSPS) is 18.9. The summed E-state index contributed by atoms with van der Waals surface area (Å²) in [6.45, 7) is 8.77. The third-order valence-corrected chi connectivity index (χ3v) is 13.1. The van der Waals surface area contributed by atoms with Gasteiger partial charge in [-0.25, -0.2) is 9.59 Å². The Morgan fingerprint density at radius 3 is 1.23 bits per heavy atom. The summed E-state index contributed by atoms with van der Waals surface area (Å²) in [7, 11) is 0. The fourth-order valence-electron chi connectivity index (χ4n) is 8.97. The molecule has 2 fully saturated rings. The molecular formula is C57H74N4O8. The van der Waals surface area contributed by atoms with E-state index in [2.05, 4.69) is 13.8 Å². The molecule has 0 aromatic heterocycles. The van der Waals surface area contributed by atoms with Gasteiger partial charge >= 0.3 is 23.9 Å². The molecule has 0 radical (unpaired) electrons. The van der Waals surface area contributed by atoms with Crippen LogP contribution in [0.2, 0.25) is 0 Å². The summed E-state index contributed by atoms with van der Waals surface area (Å²) in [5.41, 5.74) is 29.1. The van der Waals surface area contributed by atoms with Gasteiger partial charge in [0.1, 0.15) is 11.5 Å². The number of unbranched alkanes of at least 4 members (excludes halogenated alkanes) is 1.